The summed E-state index contributed by atoms with van der Waals surface area (Å²) in [5.41, 5.74) is 2.86. The molecule has 0 radical (unpaired) electrons. The lowest BCUT2D eigenvalue weighted by atomic mass is 9.83. The van der Waals surface area contributed by atoms with Crippen molar-refractivity contribution in [3.05, 3.63) is 30.1 Å². The molecule has 6 nitrogen and oxygen atoms in total. The standard InChI is InChI=1S/C20H27N5O/c1-14-22-12-19(24(14)2)18-11-21-10-17(23-18)9-15-5-4-8-25(13-15)20(26)16-6-3-7-16/h10-12,15-16H,3-9,13H2,1-2H3. The van der Waals surface area contributed by atoms with Crippen molar-refractivity contribution in [2.75, 3.05) is 13.1 Å². The first-order chi connectivity index (χ1) is 12.6. The first-order valence-corrected chi connectivity index (χ1v) is 9.70. The average Bonchev–Trinajstić information content (AvgIpc) is 2.93. The number of imidazole rings is 1. The zero-order valence-corrected chi connectivity index (χ0v) is 15.7. The molecule has 0 aromatic carbocycles. The second-order valence-electron chi connectivity index (χ2n) is 7.77. The highest BCUT2D eigenvalue weighted by atomic mass is 16.2. The molecular formula is C20H27N5O. The van der Waals surface area contributed by atoms with Crippen LogP contribution in [0.25, 0.3) is 11.4 Å². The fourth-order valence-electron chi connectivity index (χ4n) is 4.01. The van der Waals surface area contributed by atoms with Crippen LogP contribution in [0.15, 0.2) is 18.6 Å². The van der Waals surface area contributed by atoms with E-state index in [1.54, 1.807) is 6.20 Å². The second kappa shape index (κ2) is 7.17. The van der Waals surface area contributed by atoms with Crippen LogP contribution in [0.1, 0.15) is 43.6 Å². The van der Waals surface area contributed by atoms with Crippen LogP contribution in [0, 0.1) is 18.8 Å². The van der Waals surface area contributed by atoms with Gasteiger partial charge in [0.1, 0.15) is 11.5 Å². The van der Waals surface area contributed by atoms with Crippen molar-refractivity contribution in [1.29, 1.82) is 0 Å². The SMILES string of the molecule is Cc1ncc(-c2cncc(CC3CCCN(C(=O)C4CCC4)C3)n2)n1C. The lowest BCUT2D eigenvalue weighted by Crippen LogP contribution is -2.45. The van der Waals surface area contributed by atoms with E-state index in [1.165, 1.54) is 6.42 Å². The Morgan fingerprint density at radius 2 is 2.04 bits per heavy atom. The topological polar surface area (TPSA) is 63.9 Å². The maximum Gasteiger partial charge on any atom is 0.225 e. The fraction of sp³-hybridized carbons (Fsp3) is 0.600. The molecule has 0 bridgehead atoms. The van der Waals surface area contributed by atoms with E-state index in [1.807, 2.05) is 30.9 Å². The first kappa shape index (κ1) is 17.2. The van der Waals surface area contributed by atoms with Crippen molar-refractivity contribution < 1.29 is 4.79 Å². The number of aromatic nitrogens is 4. The van der Waals surface area contributed by atoms with Crippen LogP contribution in [0.2, 0.25) is 0 Å². The van der Waals surface area contributed by atoms with Gasteiger partial charge in [-0.1, -0.05) is 6.42 Å². The van der Waals surface area contributed by atoms with Gasteiger partial charge >= 0.3 is 0 Å². The molecule has 1 saturated carbocycles. The van der Waals surface area contributed by atoms with E-state index in [2.05, 4.69) is 14.9 Å². The lowest BCUT2D eigenvalue weighted by molar-refractivity contribution is -0.140. The van der Waals surface area contributed by atoms with Gasteiger partial charge in [0, 0.05) is 32.3 Å². The number of carbonyl (C=O) groups is 1. The van der Waals surface area contributed by atoms with Crippen molar-refractivity contribution in [2.45, 2.75) is 45.4 Å². The normalized spacial score (nSPS) is 20.8. The van der Waals surface area contributed by atoms with Crippen molar-refractivity contribution >= 4 is 5.91 Å². The molecule has 26 heavy (non-hydrogen) atoms. The largest absolute Gasteiger partial charge is 0.342 e. The van der Waals surface area contributed by atoms with Crippen LogP contribution in [-0.2, 0) is 18.3 Å². The molecule has 2 aromatic heterocycles. The predicted octanol–water partition coefficient (Wildman–Crippen LogP) is 2.77. The van der Waals surface area contributed by atoms with Gasteiger partial charge in [-0.3, -0.25) is 9.78 Å². The van der Waals surface area contributed by atoms with Gasteiger partial charge in [0.15, 0.2) is 0 Å². The van der Waals surface area contributed by atoms with E-state index in [-0.39, 0.29) is 0 Å². The van der Waals surface area contributed by atoms with E-state index < -0.39 is 0 Å². The molecule has 0 spiro atoms. The second-order valence-corrected chi connectivity index (χ2v) is 7.77. The summed E-state index contributed by atoms with van der Waals surface area (Å²) < 4.78 is 2.04. The number of amides is 1. The molecule has 3 heterocycles. The molecule has 2 fully saturated rings. The quantitative estimate of drug-likeness (QED) is 0.848. The van der Waals surface area contributed by atoms with Crippen LogP contribution in [0.3, 0.4) is 0 Å². The Labute approximate surface area is 154 Å². The molecule has 0 N–H and O–H groups in total. The summed E-state index contributed by atoms with van der Waals surface area (Å²) in [5.74, 6) is 2.12. The highest BCUT2D eigenvalue weighted by molar-refractivity contribution is 5.79. The van der Waals surface area contributed by atoms with E-state index in [0.29, 0.717) is 17.7 Å². The van der Waals surface area contributed by atoms with Crippen molar-refractivity contribution in [3.8, 4) is 11.4 Å². The summed E-state index contributed by atoms with van der Waals surface area (Å²) in [6.07, 6.45) is 12.0. The van der Waals surface area contributed by atoms with Gasteiger partial charge in [-0.15, -0.1) is 0 Å². The minimum Gasteiger partial charge on any atom is -0.342 e. The Kier molecular flexibility index (Phi) is 4.74. The maximum atomic E-state index is 12.5. The molecule has 1 unspecified atom stereocenters. The smallest absolute Gasteiger partial charge is 0.225 e. The first-order valence-electron chi connectivity index (χ1n) is 9.70. The lowest BCUT2D eigenvalue weighted by Gasteiger charge is -2.37. The number of piperidine rings is 1. The summed E-state index contributed by atoms with van der Waals surface area (Å²) in [4.78, 5) is 28.2. The van der Waals surface area contributed by atoms with Crippen molar-refractivity contribution in [1.82, 2.24) is 24.4 Å². The van der Waals surface area contributed by atoms with Gasteiger partial charge in [0.2, 0.25) is 5.91 Å². The van der Waals surface area contributed by atoms with E-state index in [9.17, 15) is 4.79 Å². The number of hydrogen-bond donors (Lipinski definition) is 0. The third-order valence-electron chi connectivity index (χ3n) is 5.95. The minimum atomic E-state index is 0.296. The zero-order valence-electron chi connectivity index (χ0n) is 15.7. The van der Waals surface area contributed by atoms with Gasteiger partial charge in [-0.25, -0.2) is 9.97 Å². The number of nitrogens with zero attached hydrogens (tertiary/aromatic N) is 5. The summed E-state index contributed by atoms with van der Waals surface area (Å²) in [5, 5.41) is 0. The van der Waals surface area contributed by atoms with E-state index >= 15 is 0 Å². The Balaban J connectivity index is 1.44. The molecule has 138 valence electrons. The monoisotopic (exact) mass is 353 g/mol. The number of likely N-dealkylation sites (tertiary alicyclic amines) is 1. The van der Waals surface area contributed by atoms with Gasteiger partial charge in [-0.2, -0.15) is 0 Å². The van der Waals surface area contributed by atoms with Crippen molar-refractivity contribution in [2.24, 2.45) is 18.9 Å². The maximum absolute atomic E-state index is 12.5. The Morgan fingerprint density at radius 3 is 2.73 bits per heavy atom. The zero-order chi connectivity index (χ0) is 18.1. The molecule has 1 aliphatic heterocycles. The summed E-state index contributed by atoms with van der Waals surface area (Å²) >= 11 is 0. The minimum absolute atomic E-state index is 0.296. The summed E-state index contributed by atoms with van der Waals surface area (Å²) in [6.45, 7) is 3.77. The van der Waals surface area contributed by atoms with E-state index in [4.69, 9.17) is 4.98 Å². The molecule has 6 heteroatoms. The molecule has 1 atom stereocenters. The molecule has 2 aliphatic rings. The number of hydrogen-bond acceptors (Lipinski definition) is 4. The number of carbonyl (C=O) groups excluding carboxylic acids is 1. The predicted molar refractivity (Wildman–Crippen MR) is 99.3 cm³/mol. The van der Waals surface area contributed by atoms with Crippen LogP contribution in [0.5, 0.6) is 0 Å². The van der Waals surface area contributed by atoms with Gasteiger partial charge < -0.3 is 9.47 Å². The Morgan fingerprint density at radius 1 is 1.19 bits per heavy atom. The summed E-state index contributed by atoms with van der Waals surface area (Å²) in [7, 11) is 2.00. The van der Waals surface area contributed by atoms with Crippen molar-refractivity contribution in [3.63, 3.8) is 0 Å². The van der Waals surface area contributed by atoms with Gasteiger partial charge in [0.05, 0.1) is 23.8 Å². The third kappa shape index (κ3) is 3.37. The summed E-state index contributed by atoms with van der Waals surface area (Å²) in [6, 6.07) is 0. The number of aryl methyl sites for hydroxylation is 1. The van der Waals surface area contributed by atoms with Gasteiger partial charge in [0.25, 0.3) is 0 Å². The van der Waals surface area contributed by atoms with Crippen LogP contribution >= 0.6 is 0 Å². The molecule has 1 aliphatic carbocycles. The van der Waals surface area contributed by atoms with Crippen LogP contribution in [-0.4, -0.2) is 43.4 Å². The fourth-order valence-corrected chi connectivity index (χ4v) is 4.01. The van der Waals surface area contributed by atoms with Crippen LogP contribution < -0.4 is 0 Å². The highest BCUT2D eigenvalue weighted by Gasteiger charge is 2.32. The highest BCUT2D eigenvalue weighted by Crippen LogP contribution is 2.30. The average molecular weight is 353 g/mol. The molecule has 2 aromatic rings. The Hall–Kier alpha value is -2.24. The third-order valence-corrected chi connectivity index (χ3v) is 5.95. The van der Waals surface area contributed by atoms with Gasteiger partial charge in [-0.05, 0) is 44.9 Å². The number of rotatable bonds is 4. The molecule has 1 amide bonds. The Bertz CT molecular complexity index is 795. The molecular weight excluding hydrogens is 326 g/mol. The van der Waals surface area contributed by atoms with Crippen LogP contribution in [0.4, 0.5) is 0 Å². The van der Waals surface area contributed by atoms with E-state index in [0.717, 1.165) is 68.1 Å². The molecule has 4 rings (SSSR count). The molecule has 1 saturated heterocycles.